The third kappa shape index (κ3) is 4.56. The lowest BCUT2D eigenvalue weighted by Gasteiger charge is -2.39. The molecule has 1 aromatic rings. The smallest absolute Gasteiger partial charge is 0.237 e. The number of nitrogens with one attached hydrogen (secondary N) is 2. The van der Waals surface area contributed by atoms with Crippen LogP contribution in [-0.2, 0) is 14.9 Å². The van der Waals surface area contributed by atoms with E-state index < -0.39 is 0 Å². The standard InChI is InChI=1S/C18H25ClN2O2/c1-3-10-20-17(22)14(2)21-13-18(8-11-23-12-9-18)15-6-4-5-7-16(15)19/h3-7,14,21H,1,8-13H2,2H3,(H,20,22). The highest BCUT2D eigenvalue weighted by molar-refractivity contribution is 6.31. The summed E-state index contributed by atoms with van der Waals surface area (Å²) in [5, 5.41) is 6.96. The van der Waals surface area contributed by atoms with Gasteiger partial charge in [-0.15, -0.1) is 6.58 Å². The first-order valence-electron chi connectivity index (χ1n) is 8.04. The quantitative estimate of drug-likeness (QED) is 0.753. The second-order valence-corrected chi connectivity index (χ2v) is 6.42. The van der Waals surface area contributed by atoms with Crippen LogP contribution < -0.4 is 10.6 Å². The Bertz CT molecular complexity index is 542. The van der Waals surface area contributed by atoms with Crippen molar-refractivity contribution >= 4 is 17.5 Å². The molecule has 1 fully saturated rings. The van der Waals surface area contributed by atoms with Crippen molar-refractivity contribution in [3.8, 4) is 0 Å². The molecule has 1 aliphatic heterocycles. The first-order chi connectivity index (χ1) is 11.1. The van der Waals surface area contributed by atoms with E-state index in [1.54, 1.807) is 6.08 Å². The third-order valence-corrected chi connectivity index (χ3v) is 4.79. The number of amides is 1. The fourth-order valence-corrected chi connectivity index (χ4v) is 3.30. The van der Waals surface area contributed by atoms with Gasteiger partial charge < -0.3 is 15.4 Å². The van der Waals surface area contributed by atoms with Crippen molar-refractivity contribution in [3.63, 3.8) is 0 Å². The monoisotopic (exact) mass is 336 g/mol. The van der Waals surface area contributed by atoms with Crippen LogP contribution in [0.5, 0.6) is 0 Å². The Morgan fingerprint density at radius 3 is 2.78 bits per heavy atom. The number of hydrogen-bond donors (Lipinski definition) is 2. The molecule has 4 nitrogen and oxygen atoms in total. The van der Waals surface area contributed by atoms with Gasteiger partial charge in [0.25, 0.3) is 0 Å². The number of rotatable bonds is 7. The fraction of sp³-hybridized carbons (Fsp3) is 0.500. The molecule has 0 radical (unpaired) electrons. The summed E-state index contributed by atoms with van der Waals surface area (Å²) in [5.74, 6) is -0.0220. The Balaban J connectivity index is 2.09. The van der Waals surface area contributed by atoms with Gasteiger partial charge in [-0.05, 0) is 31.4 Å². The van der Waals surface area contributed by atoms with Crippen LogP contribution in [0.3, 0.4) is 0 Å². The molecule has 23 heavy (non-hydrogen) atoms. The molecule has 1 amide bonds. The van der Waals surface area contributed by atoms with Crippen molar-refractivity contribution in [1.29, 1.82) is 0 Å². The molecule has 1 saturated heterocycles. The number of hydrogen-bond acceptors (Lipinski definition) is 3. The van der Waals surface area contributed by atoms with E-state index in [0.29, 0.717) is 26.3 Å². The zero-order valence-electron chi connectivity index (χ0n) is 13.6. The van der Waals surface area contributed by atoms with Crippen molar-refractivity contribution < 1.29 is 9.53 Å². The minimum absolute atomic E-state index is 0.0220. The number of carbonyl (C=O) groups excluding carboxylic acids is 1. The van der Waals surface area contributed by atoms with E-state index >= 15 is 0 Å². The van der Waals surface area contributed by atoms with Crippen LogP contribution in [0.2, 0.25) is 5.02 Å². The molecular formula is C18H25ClN2O2. The highest BCUT2D eigenvalue weighted by atomic mass is 35.5. The number of halogens is 1. The lowest BCUT2D eigenvalue weighted by atomic mass is 9.74. The van der Waals surface area contributed by atoms with Crippen LogP contribution >= 0.6 is 11.6 Å². The van der Waals surface area contributed by atoms with Crippen molar-refractivity contribution in [2.24, 2.45) is 0 Å². The lowest BCUT2D eigenvalue weighted by Crippen LogP contribution is -2.49. The molecule has 1 heterocycles. The van der Waals surface area contributed by atoms with E-state index in [-0.39, 0.29) is 17.4 Å². The van der Waals surface area contributed by atoms with Gasteiger partial charge in [0.1, 0.15) is 0 Å². The molecular weight excluding hydrogens is 312 g/mol. The molecule has 0 spiro atoms. The molecule has 1 atom stereocenters. The summed E-state index contributed by atoms with van der Waals surface area (Å²) < 4.78 is 5.53. The first kappa shape index (κ1) is 18.0. The summed E-state index contributed by atoms with van der Waals surface area (Å²) in [7, 11) is 0. The average Bonchev–Trinajstić information content (AvgIpc) is 2.58. The van der Waals surface area contributed by atoms with Crippen molar-refractivity contribution in [2.45, 2.75) is 31.2 Å². The summed E-state index contributed by atoms with van der Waals surface area (Å²) in [6, 6.07) is 7.69. The summed E-state index contributed by atoms with van der Waals surface area (Å²) in [6.45, 7) is 8.08. The van der Waals surface area contributed by atoms with Crippen LogP contribution in [0.25, 0.3) is 0 Å². The van der Waals surface area contributed by atoms with Crippen LogP contribution in [0.1, 0.15) is 25.3 Å². The Labute approximate surface area is 143 Å². The molecule has 2 N–H and O–H groups in total. The Kier molecular flexibility index (Phi) is 6.63. The zero-order valence-corrected chi connectivity index (χ0v) is 14.4. The molecule has 126 valence electrons. The number of benzene rings is 1. The van der Waals surface area contributed by atoms with E-state index in [9.17, 15) is 4.79 Å². The van der Waals surface area contributed by atoms with Crippen LogP contribution in [0.4, 0.5) is 0 Å². The minimum atomic E-state index is -0.267. The molecule has 0 aromatic heterocycles. The van der Waals surface area contributed by atoms with Gasteiger partial charge in [0.15, 0.2) is 0 Å². The maximum atomic E-state index is 12.0. The van der Waals surface area contributed by atoms with Gasteiger partial charge in [0.2, 0.25) is 5.91 Å². The van der Waals surface area contributed by atoms with E-state index in [1.807, 2.05) is 25.1 Å². The maximum Gasteiger partial charge on any atom is 0.237 e. The largest absolute Gasteiger partial charge is 0.381 e. The van der Waals surface area contributed by atoms with Gasteiger partial charge >= 0.3 is 0 Å². The summed E-state index contributed by atoms with van der Waals surface area (Å²) in [4.78, 5) is 12.0. The zero-order chi connectivity index (χ0) is 16.7. The molecule has 0 saturated carbocycles. The normalized spacial score (nSPS) is 18.2. The van der Waals surface area contributed by atoms with Gasteiger partial charge in [0.05, 0.1) is 6.04 Å². The number of carbonyl (C=O) groups is 1. The van der Waals surface area contributed by atoms with E-state index in [4.69, 9.17) is 16.3 Å². The van der Waals surface area contributed by atoms with Crippen molar-refractivity contribution in [3.05, 3.63) is 47.5 Å². The van der Waals surface area contributed by atoms with Crippen LogP contribution in [-0.4, -0.2) is 38.3 Å². The third-order valence-electron chi connectivity index (χ3n) is 4.46. The predicted molar refractivity (Wildman–Crippen MR) is 93.9 cm³/mol. The molecule has 5 heteroatoms. The molecule has 0 aliphatic carbocycles. The van der Waals surface area contributed by atoms with Gasteiger partial charge in [-0.25, -0.2) is 0 Å². The van der Waals surface area contributed by atoms with Gasteiger partial charge in [-0.2, -0.15) is 0 Å². The van der Waals surface area contributed by atoms with E-state index in [1.165, 1.54) is 0 Å². The molecule has 1 unspecified atom stereocenters. The SMILES string of the molecule is C=CCNC(=O)C(C)NCC1(c2ccccc2Cl)CCOCC1. The predicted octanol–water partition coefficient (Wildman–Crippen LogP) is 2.67. The van der Waals surface area contributed by atoms with Crippen molar-refractivity contribution in [2.75, 3.05) is 26.3 Å². The van der Waals surface area contributed by atoms with E-state index in [2.05, 4.69) is 23.3 Å². The average molecular weight is 337 g/mol. The minimum Gasteiger partial charge on any atom is -0.381 e. The summed E-state index contributed by atoms with van der Waals surface area (Å²) in [5.41, 5.74) is 1.04. The van der Waals surface area contributed by atoms with Gasteiger partial charge in [-0.1, -0.05) is 35.9 Å². The maximum absolute atomic E-state index is 12.0. The van der Waals surface area contributed by atoms with Gasteiger partial charge in [0, 0.05) is 36.7 Å². The Hall–Kier alpha value is -1.36. The second-order valence-electron chi connectivity index (χ2n) is 6.01. The Morgan fingerprint density at radius 2 is 2.13 bits per heavy atom. The first-order valence-corrected chi connectivity index (χ1v) is 8.41. The van der Waals surface area contributed by atoms with Gasteiger partial charge in [-0.3, -0.25) is 4.79 Å². The van der Waals surface area contributed by atoms with E-state index in [0.717, 1.165) is 23.4 Å². The summed E-state index contributed by atoms with van der Waals surface area (Å²) >= 11 is 6.43. The highest BCUT2D eigenvalue weighted by Gasteiger charge is 2.36. The lowest BCUT2D eigenvalue weighted by molar-refractivity contribution is -0.122. The van der Waals surface area contributed by atoms with Crippen LogP contribution in [0.15, 0.2) is 36.9 Å². The van der Waals surface area contributed by atoms with Crippen molar-refractivity contribution in [1.82, 2.24) is 10.6 Å². The molecule has 2 rings (SSSR count). The molecule has 1 aromatic carbocycles. The highest BCUT2D eigenvalue weighted by Crippen LogP contribution is 2.38. The molecule has 0 bridgehead atoms. The topological polar surface area (TPSA) is 50.4 Å². The number of ether oxygens (including phenoxy) is 1. The summed E-state index contributed by atoms with van der Waals surface area (Å²) in [6.07, 6.45) is 3.46. The Morgan fingerprint density at radius 1 is 1.43 bits per heavy atom. The fourth-order valence-electron chi connectivity index (χ4n) is 2.96. The second kappa shape index (κ2) is 8.48. The van der Waals surface area contributed by atoms with Crippen LogP contribution in [0, 0.1) is 0 Å². The molecule has 1 aliphatic rings.